The second kappa shape index (κ2) is 5.72. The van der Waals surface area contributed by atoms with Gasteiger partial charge in [0.1, 0.15) is 5.84 Å². The monoisotopic (exact) mass is 295 g/mol. The molecule has 1 atom stereocenters. The highest BCUT2D eigenvalue weighted by Crippen LogP contribution is 2.30. The number of fused-ring (bicyclic) bond motifs is 1. The first-order valence-electron chi connectivity index (χ1n) is 6.39. The lowest BCUT2D eigenvalue weighted by molar-refractivity contribution is -0.117. The van der Waals surface area contributed by atoms with Crippen LogP contribution in [0.5, 0.6) is 0 Å². The topological polar surface area (TPSA) is 105 Å². The van der Waals surface area contributed by atoms with E-state index in [9.17, 15) is 9.59 Å². The summed E-state index contributed by atoms with van der Waals surface area (Å²) in [5.41, 5.74) is 7.21. The Kier molecular flexibility index (Phi) is 4.20. The molecule has 1 aliphatic heterocycles. The fourth-order valence-electron chi connectivity index (χ4n) is 2.14. The highest BCUT2D eigenvalue weighted by Gasteiger charge is 2.27. The van der Waals surface area contributed by atoms with Crippen molar-refractivity contribution < 1.29 is 14.7 Å². The molecule has 2 amide bonds. The molecular formula is C13H17N3O3S. The Labute approximate surface area is 120 Å². The Morgan fingerprint density at radius 2 is 2.30 bits per heavy atom. The second-order valence-corrected chi connectivity index (χ2v) is 5.79. The number of aliphatic imine (C=N–C) groups is 1. The molecule has 20 heavy (non-hydrogen) atoms. The predicted molar refractivity (Wildman–Crippen MR) is 77.1 cm³/mol. The number of nitrogens with two attached hydrogens (primary N) is 1. The number of hydrogen-bond donors (Lipinski definition) is 3. The highest BCUT2D eigenvalue weighted by atomic mass is 32.1. The van der Waals surface area contributed by atoms with Crippen LogP contribution in [0.15, 0.2) is 4.99 Å². The average Bonchev–Trinajstić information content (AvgIpc) is 2.73. The first kappa shape index (κ1) is 14.7. The van der Waals surface area contributed by atoms with Crippen molar-refractivity contribution in [3.05, 3.63) is 20.9 Å². The van der Waals surface area contributed by atoms with Crippen molar-refractivity contribution in [1.29, 1.82) is 0 Å². The Morgan fingerprint density at radius 3 is 2.90 bits per heavy atom. The summed E-state index contributed by atoms with van der Waals surface area (Å²) in [6.07, 6.45) is 0.834. The third-order valence-corrected chi connectivity index (χ3v) is 4.58. The molecule has 0 aromatic carbocycles. The minimum absolute atomic E-state index is 0.103. The number of carbonyl (C=O) groups excluding carboxylic acids is 2. The number of nitrogens with zero attached hydrogens (tertiary/aromatic N) is 1. The molecule has 0 spiro atoms. The Morgan fingerprint density at radius 1 is 1.60 bits per heavy atom. The number of nitrogens with one attached hydrogen (secondary N) is 1. The van der Waals surface area contributed by atoms with Crippen molar-refractivity contribution in [3.63, 3.8) is 0 Å². The fraction of sp³-hybridized carbons (Fsp3) is 0.462. The van der Waals surface area contributed by atoms with Crippen molar-refractivity contribution in [2.75, 3.05) is 6.61 Å². The molecule has 0 bridgehead atoms. The molecule has 1 aromatic heterocycles. The number of aliphatic hydroxyl groups excluding tert-OH is 1. The zero-order chi connectivity index (χ0) is 14.9. The van der Waals surface area contributed by atoms with E-state index >= 15 is 0 Å². The van der Waals surface area contributed by atoms with Crippen molar-refractivity contribution in [3.8, 4) is 0 Å². The van der Waals surface area contributed by atoms with Crippen molar-refractivity contribution in [2.45, 2.75) is 32.7 Å². The van der Waals surface area contributed by atoms with E-state index in [1.54, 1.807) is 6.92 Å². The van der Waals surface area contributed by atoms with Crippen LogP contribution in [0.4, 0.5) is 0 Å². The molecule has 108 valence electrons. The summed E-state index contributed by atoms with van der Waals surface area (Å²) in [6.45, 7) is 3.58. The highest BCUT2D eigenvalue weighted by molar-refractivity contribution is 7.14. The van der Waals surface area contributed by atoms with Crippen LogP contribution in [0.2, 0.25) is 0 Å². The largest absolute Gasteiger partial charge is 0.394 e. The minimum atomic E-state index is -0.287. The summed E-state index contributed by atoms with van der Waals surface area (Å²) >= 11 is 1.27. The predicted octanol–water partition coefficient (Wildman–Crippen LogP) is 0.345. The van der Waals surface area contributed by atoms with Crippen LogP contribution >= 0.6 is 11.3 Å². The van der Waals surface area contributed by atoms with Gasteiger partial charge < -0.3 is 16.2 Å². The maximum atomic E-state index is 12.2. The SMILES string of the molecule is CCC(CO)NC(=O)c1sc2c(c1C)C(N)=NC(=O)C2. The van der Waals surface area contributed by atoms with Crippen LogP contribution in [-0.2, 0) is 11.2 Å². The number of thiophene rings is 1. The second-order valence-electron chi connectivity index (χ2n) is 4.68. The molecule has 0 aliphatic carbocycles. The smallest absolute Gasteiger partial charge is 0.261 e. The number of amides is 2. The molecule has 6 nitrogen and oxygen atoms in total. The molecule has 0 radical (unpaired) electrons. The maximum absolute atomic E-state index is 12.2. The number of amidine groups is 1. The standard InChI is InChI=1S/C13H17N3O3S/c1-3-7(5-17)15-13(19)11-6(2)10-8(20-11)4-9(18)16-12(10)14/h7,17H,3-5H2,1-2H3,(H,15,19)(H2,14,16,18). The van der Waals surface area contributed by atoms with E-state index in [2.05, 4.69) is 10.3 Å². The van der Waals surface area contributed by atoms with Crippen molar-refractivity contribution >= 4 is 29.0 Å². The summed E-state index contributed by atoms with van der Waals surface area (Å²) < 4.78 is 0. The van der Waals surface area contributed by atoms with E-state index in [1.165, 1.54) is 11.3 Å². The zero-order valence-corrected chi connectivity index (χ0v) is 12.2. The van der Waals surface area contributed by atoms with Crippen LogP contribution in [0.3, 0.4) is 0 Å². The molecule has 0 saturated carbocycles. The molecule has 2 heterocycles. The summed E-state index contributed by atoms with van der Waals surface area (Å²) in [6, 6.07) is -0.270. The molecule has 0 saturated heterocycles. The van der Waals surface area contributed by atoms with Crippen molar-refractivity contribution in [1.82, 2.24) is 5.32 Å². The Hall–Kier alpha value is -1.73. The lowest BCUT2D eigenvalue weighted by atomic mass is 10.0. The zero-order valence-electron chi connectivity index (χ0n) is 11.4. The van der Waals surface area contributed by atoms with Crippen LogP contribution in [0.25, 0.3) is 0 Å². The van der Waals surface area contributed by atoms with Crippen LogP contribution in [-0.4, -0.2) is 35.4 Å². The minimum Gasteiger partial charge on any atom is -0.394 e. The number of carbonyl (C=O) groups is 2. The van der Waals surface area contributed by atoms with E-state index < -0.39 is 0 Å². The number of aliphatic hydroxyl groups is 1. The van der Waals surface area contributed by atoms with Gasteiger partial charge in [-0.2, -0.15) is 4.99 Å². The van der Waals surface area contributed by atoms with Gasteiger partial charge in [-0.15, -0.1) is 11.3 Å². The Balaban J connectivity index is 2.32. The van der Waals surface area contributed by atoms with Crippen LogP contribution in [0.1, 0.15) is 39.0 Å². The summed E-state index contributed by atoms with van der Waals surface area (Å²) in [5, 5.41) is 11.9. The summed E-state index contributed by atoms with van der Waals surface area (Å²) in [5.74, 6) is -0.355. The van der Waals surface area contributed by atoms with Gasteiger partial charge in [-0.1, -0.05) is 6.92 Å². The molecule has 1 aliphatic rings. The average molecular weight is 295 g/mol. The van der Waals surface area contributed by atoms with Gasteiger partial charge in [-0.25, -0.2) is 0 Å². The van der Waals surface area contributed by atoms with Crippen LogP contribution in [0, 0.1) is 6.92 Å². The Bertz CT molecular complexity index is 588. The number of rotatable bonds is 4. The summed E-state index contributed by atoms with van der Waals surface area (Å²) in [7, 11) is 0. The van der Waals surface area contributed by atoms with Gasteiger partial charge >= 0.3 is 0 Å². The number of hydrogen-bond acceptors (Lipinski definition) is 5. The normalized spacial score (nSPS) is 15.6. The summed E-state index contributed by atoms with van der Waals surface area (Å²) in [4.78, 5) is 28.7. The quantitative estimate of drug-likeness (QED) is 0.745. The molecule has 1 aromatic rings. The van der Waals surface area contributed by atoms with E-state index in [0.29, 0.717) is 16.9 Å². The van der Waals surface area contributed by atoms with Gasteiger partial charge in [-0.05, 0) is 18.9 Å². The van der Waals surface area contributed by atoms with E-state index in [0.717, 1.165) is 10.4 Å². The van der Waals surface area contributed by atoms with Gasteiger partial charge in [-0.3, -0.25) is 9.59 Å². The third-order valence-electron chi connectivity index (χ3n) is 3.29. The van der Waals surface area contributed by atoms with E-state index in [-0.39, 0.29) is 36.7 Å². The van der Waals surface area contributed by atoms with E-state index in [1.807, 2.05) is 6.92 Å². The van der Waals surface area contributed by atoms with Crippen LogP contribution < -0.4 is 11.1 Å². The van der Waals surface area contributed by atoms with Crippen molar-refractivity contribution in [2.24, 2.45) is 10.7 Å². The van der Waals surface area contributed by atoms with Gasteiger partial charge in [0.15, 0.2) is 0 Å². The molecule has 7 heteroatoms. The van der Waals surface area contributed by atoms with Gasteiger partial charge in [0, 0.05) is 10.4 Å². The molecule has 0 fully saturated rings. The lowest BCUT2D eigenvalue weighted by Crippen LogP contribution is -2.36. The lowest BCUT2D eigenvalue weighted by Gasteiger charge is -2.13. The fourth-order valence-corrected chi connectivity index (χ4v) is 3.35. The van der Waals surface area contributed by atoms with Gasteiger partial charge in [0.05, 0.1) is 23.9 Å². The molecule has 2 rings (SSSR count). The first-order valence-corrected chi connectivity index (χ1v) is 7.20. The first-order chi connectivity index (χ1) is 9.47. The van der Waals surface area contributed by atoms with Gasteiger partial charge in [0.2, 0.25) is 0 Å². The third kappa shape index (κ3) is 2.59. The molecular weight excluding hydrogens is 278 g/mol. The maximum Gasteiger partial charge on any atom is 0.261 e. The molecule has 4 N–H and O–H groups in total. The molecule has 1 unspecified atom stereocenters. The van der Waals surface area contributed by atoms with E-state index in [4.69, 9.17) is 10.8 Å². The van der Waals surface area contributed by atoms with Gasteiger partial charge in [0.25, 0.3) is 11.8 Å².